The van der Waals surface area contributed by atoms with Gasteiger partial charge in [0.15, 0.2) is 6.19 Å². The van der Waals surface area contributed by atoms with Gasteiger partial charge in [-0.05, 0) is 44.9 Å². The number of pyridine rings is 1. The van der Waals surface area contributed by atoms with Gasteiger partial charge in [-0.2, -0.15) is 20.7 Å². The van der Waals surface area contributed by atoms with Gasteiger partial charge in [-0.3, -0.25) is 4.68 Å². The summed E-state index contributed by atoms with van der Waals surface area (Å²) in [5.41, 5.74) is 5.38. The molecule has 1 aromatic carbocycles. The highest BCUT2D eigenvalue weighted by atomic mass is 16.5. The highest BCUT2D eigenvalue weighted by Crippen LogP contribution is 2.34. The Morgan fingerprint density at radius 1 is 1.12 bits per heavy atom. The van der Waals surface area contributed by atoms with E-state index in [0.29, 0.717) is 11.3 Å². The monoisotopic (exact) mass is 451 g/mol. The van der Waals surface area contributed by atoms with Gasteiger partial charge in [0.25, 0.3) is 0 Å². The van der Waals surface area contributed by atoms with Crippen molar-refractivity contribution in [2.24, 2.45) is 0 Å². The van der Waals surface area contributed by atoms with Crippen LogP contribution in [0.3, 0.4) is 0 Å². The standard InChI is InChI=1S/C26H25N7O/c1-18-24(15-30-33(18)22-8-11-31(17-28)12-9-22)21-13-26(25-7-10-29-32(25)16-21)34-19(2)23-6-4-3-5-20(23)14-27/h3-7,10,13,15-16,19,22H,8-9,11-12H2,1-2H3/t19-/m1/s1. The lowest BCUT2D eigenvalue weighted by Crippen LogP contribution is -2.31. The minimum absolute atomic E-state index is 0.282. The minimum atomic E-state index is -0.307. The fraction of sp³-hybridized carbons (Fsp3) is 0.308. The van der Waals surface area contributed by atoms with Crippen molar-refractivity contribution in [3.63, 3.8) is 0 Å². The summed E-state index contributed by atoms with van der Waals surface area (Å²) in [6, 6.07) is 14.0. The summed E-state index contributed by atoms with van der Waals surface area (Å²) in [4.78, 5) is 1.80. The van der Waals surface area contributed by atoms with Crippen molar-refractivity contribution in [1.29, 1.82) is 10.5 Å². The number of rotatable bonds is 5. The smallest absolute Gasteiger partial charge is 0.179 e. The summed E-state index contributed by atoms with van der Waals surface area (Å²) in [7, 11) is 0. The van der Waals surface area contributed by atoms with Gasteiger partial charge < -0.3 is 9.64 Å². The van der Waals surface area contributed by atoms with Gasteiger partial charge in [-0.1, -0.05) is 18.2 Å². The van der Waals surface area contributed by atoms with Gasteiger partial charge in [0.05, 0.1) is 30.1 Å². The fourth-order valence-corrected chi connectivity index (χ4v) is 4.73. The first-order valence-corrected chi connectivity index (χ1v) is 11.4. The Balaban J connectivity index is 1.48. The van der Waals surface area contributed by atoms with Crippen molar-refractivity contribution >= 4 is 5.52 Å². The van der Waals surface area contributed by atoms with E-state index in [4.69, 9.17) is 15.1 Å². The molecule has 0 N–H and O–H groups in total. The maximum atomic E-state index is 9.49. The molecule has 0 radical (unpaired) electrons. The quantitative estimate of drug-likeness (QED) is 0.410. The van der Waals surface area contributed by atoms with Crippen LogP contribution in [-0.4, -0.2) is 37.4 Å². The average Bonchev–Trinajstić information content (AvgIpc) is 3.50. The largest absolute Gasteiger partial charge is 0.484 e. The van der Waals surface area contributed by atoms with E-state index in [9.17, 15) is 5.26 Å². The van der Waals surface area contributed by atoms with Crippen LogP contribution in [0.25, 0.3) is 16.6 Å². The Bertz CT molecular complexity index is 1410. The Morgan fingerprint density at radius 2 is 1.91 bits per heavy atom. The van der Waals surface area contributed by atoms with Crippen LogP contribution in [-0.2, 0) is 0 Å². The van der Waals surface area contributed by atoms with Crippen LogP contribution in [0.15, 0.2) is 55.0 Å². The summed E-state index contributed by atoms with van der Waals surface area (Å²) in [5.74, 6) is 0.699. The molecule has 34 heavy (non-hydrogen) atoms. The first kappa shape index (κ1) is 21.5. The van der Waals surface area contributed by atoms with Crippen molar-refractivity contribution in [1.82, 2.24) is 24.3 Å². The van der Waals surface area contributed by atoms with Crippen molar-refractivity contribution < 1.29 is 4.74 Å². The van der Waals surface area contributed by atoms with E-state index >= 15 is 0 Å². The second kappa shape index (κ2) is 8.92. The summed E-state index contributed by atoms with van der Waals surface area (Å²) in [6.45, 7) is 5.55. The molecule has 1 aliphatic heterocycles. The van der Waals surface area contributed by atoms with Gasteiger partial charge in [0.2, 0.25) is 0 Å². The third kappa shape index (κ3) is 3.84. The number of ether oxygens (including phenoxy) is 1. The molecule has 3 aromatic heterocycles. The zero-order valence-corrected chi connectivity index (χ0v) is 19.2. The molecule has 1 fully saturated rings. The topological polar surface area (TPSA) is 95.2 Å². The number of fused-ring (bicyclic) bond motifs is 1. The average molecular weight is 452 g/mol. The molecule has 4 aromatic rings. The molecule has 1 aliphatic rings. The van der Waals surface area contributed by atoms with Crippen LogP contribution in [0.2, 0.25) is 0 Å². The number of likely N-dealkylation sites (tertiary alicyclic amines) is 1. The molecule has 8 nitrogen and oxygen atoms in total. The van der Waals surface area contributed by atoms with Crippen molar-refractivity contribution in [2.75, 3.05) is 13.1 Å². The van der Waals surface area contributed by atoms with Crippen molar-refractivity contribution in [2.45, 2.75) is 38.8 Å². The zero-order valence-electron chi connectivity index (χ0n) is 19.2. The number of piperidine rings is 1. The lowest BCUT2D eigenvalue weighted by molar-refractivity contribution is 0.228. The molecule has 0 amide bonds. The lowest BCUT2D eigenvalue weighted by Gasteiger charge is -2.29. The third-order valence-electron chi connectivity index (χ3n) is 6.60. The molecule has 8 heteroatoms. The Morgan fingerprint density at radius 3 is 2.68 bits per heavy atom. The molecule has 0 bridgehead atoms. The summed E-state index contributed by atoms with van der Waals surface area (Å²) >= 11 is 0. The predicted octanol–water partition coefficient (Wildman–Crippen LogP) is 4.64. The summed E-state index contributed by atoms with van der Waals surface area (Å²) in [6.07, 6.45) is 9.37. The maximum absolute atomic E-state index is 9.49. The Labute approximate surface area is 198 Å². The molecule has 0 spiro atoms. The van der Waals surface area contributed by atoms with E-state index in [1.165, 1.54) is 0 Å². The molecule has 1 saturated heterocycles. The van der Waals surface area contributed by atoms with Crippen molar-refractivity contribution in [3.8, 4) is 29.1 Å². The van der Waals surface area contributed by atoms with Crippen molar-refractivity contribution in [3.05, 3.63) is 71.8 Å². The lowest BCUT2D eigenvalue weighted by atomic mass is 10.0. The summed E-state index contributed by atoms with van der Waals surface area (Å²) < 4.78 is 10.3. The third-order valence-corrected chi connectivity index (χ3v) is 6.60. The van der Waals surface area contributed by atoms with Crippen LogP contribution in [0.5, 0.6) is 5.75 Å². The Kier molecular flexibility index (Phi) is 5.65. The SMILES string of the molecule is Cc1c(-c2cc(O[C@H](C)c3ccccc3C#N)c3ccnn3c2)cnn1C1CCN(C#N)CC1. The molecule has 4 heterocycles. The molecule has 0 saturated carbocycles. The highest BCUT2D eigenvalue weighted by molar-refractivity contribution is 5.72. The predicted molar refractivity (Wildman–Crippen MR) is 127 cm³/mol. The molecule has 0 unspecified atom stereocenters. The number of hydrogen-bond donors (Lipinski definition) is 0. The number of hydrogen-bond acceptors (Lipinski definition) is 6. The van der Waals surface area contributed by atoms with E-state index in [2.05, 4.69) is 29.0 Å². The Hall–Kier alpha value is -4.30. The van der Waals surface area contributed by atoms with Gasteiger partial charge in [0, 0.05) is 41.7 Å². The fourth-order valence-electron chi connectivity index (χ4n) is 4.73. The number of benzene rings is 1. The number of aromatic nitrogens is 4. The molecular weight excluding hydrogens is 426 g/mol. The second-order valence-corrected chi connectivity index (χ2v) is 8.62. The van der Waals surface area contributed by atoms with Gasteiger partial charge in [0.1, 0.15) is 17.4 Å². The van der Waals surface area contributed by atoms with E-state index < -0.39 is 0 Å². The summed E-state index contributed by atoms with van der Waals surface area (Å²) in [5, 5.41) is 27.8. The van der Waals surface area contributed by atoms with Gasteiger partial charge >= 0.3 is 0 Å². The second-order valence-electron chi connectivity index (χ2n) is 8.62. The molecule has 5 rings (SSSR count). The van der Waals surface area contributed by atoms with E-state index in [1.807, 2.05) is 54.2 Å². The van der Waals surface area contributed by atoms with Crippen LogP contribution >= 0.6 is 0 Å². The molecule has 0 aliphatic carbocycles. The van der Waals surface area contributed by atoms with Crippen LogP contribution in [0, 0.1) is 29.7 Å². The molecule has 1 atom stereocenters. The number of nitriles is 2. The van der Waals surface area contributed by atoms with Gasteiger partial charge in [-0.25, -0.2) is 4.52 Å². The van der Waals surface area contributed by atoms with Crippen LogP contribution < -0.4 is 4.74 Å². The first-order valence-electron chi connectivity index (χ1n) is 11.4. The number of nitrogens with zero attached hydrogens (tertiary/aromatic N) is 7. The molecule has 170 valence electrons. The van der Waals surface area contributed by atoms with Gasteiger partial charge in [-0.15, -0.1) is 0 Å². The minimum Gasteiger partial charge on any atom is -0.484 e. The van der Waals surface area contributed by atoms with E-state index in [1.54, 1.807) is 17.2 Å². The zero-order chi connectivity index (χ0) is 23.7. The maximum Gasteiger partial charge on any atom is 0.179 e. The van der Waals surface area contributed by atoms with Crippen LogP contribution in [0.4, 0.5) is 0 Å². The van der Waals surface area contributed by atoms with Crippen LogP contribution in [0.1, 0.15) is 48.7 Å². The normalized spacial score (nSPS) is 15.1. The molecular formula is C26H25N7O. The van der Waals surface area contributed by atoms with E-state index in [0.717, 1.165) is 53.8 Å². The van der Waals surface area contributed by atoms with E-state index in [-0.39, 0.29) is 12.1 Å². The highest BCUT2D eigenvalue weighted by Gasteiger charge is 2.23. The first-order chi connectivity index (χ1) is 16.6.